The molecule has 2 unspecified atom stereocenters. The molecule has 17 heavy (non-hydrogen) atoms. The molecule has 0 aliphatic rings. The molecule has 94 valence electrons. The van der Waals surface area contributed by atoms with Crippen LogP contribution in [0.5, 0.6) is 0 Å². The minimum absolute atomic E-state index is 0.0947. The third-order valence-electron chi connectivity index (χ3n) is 2.58. The van der Waals surface area contributed by atoms with Crippen molar-refractivity contribution < 1.29 is 15.1 Å². The number of aryl methyl sites for hydroxylation is 1. The van der Waals surface area contributed by atoms with Crippen molar-refractivity contribution in [1.29, 1.82) is 0 Å². The number of thiol groups is 1. The van der Waals surface area contributed by atoms with Gasteiger partial charge in [-0.25, -0.2) is 0 Å². The number of rotatable bonds is 5. The number of benzene rings is 1. The summed E-state index contributed by atoms with van der Waals surface area (Å²) in [4.78, 5) is 10.1. The SMILES string of the molecule is Cc1ccc([N+](=O)[O-])cc1C(O)C(O)CCS. The van der Waals surface area contributed by atoms with Crippen LogP contribution in [0.4, 0.5) is 5.69 Å². The smallest absolute Gasteiger partial charge is 0.269 e. The maximum atomic E-state index is 10.6. The van der Waals surface area contributed by atoms with Crippen molar-refractivity contribution in [2.24, 2.45) is 0 Å². The van der Waals surface area contributed by atoms with Crippen LogP contribution in [0.2, 0.25) is 0 Å². The fraction of sp³-hybridized carbons (Fsp3) is 0.455. The van der Waals surface area contributed by atoms with Crippen molar-refractivity contribution in [3.63, 3.8) is 0 Å². The number of nitrogens with zero attached hydrogens (tertiary/aromatic N) is 1. The molecule has 0 heterocycles. The monoisotopic (exact) mass is 257 g/mol. The van der Waals surface area contributed by atoms with Crippen molar-refractivity contribution in [3.05, 3.63) is 39.4 Å². The minimum atomic E-state index is -1.12. The molecule has 0 saturated heterocycles. The van der Waals surface area contributed by atoms with Crippen molar-refractivity contribution in [3.8, 4) is 0 Å². The van der Waals surface area contributed by atoms with Crippen LogP contribution in [-0.2, 0) is 0 Å². The number of aliphatic hydroxyl groups is 2. The predicted octanol–water partition coefficient (Wildman–Crippen LogP) is 1.62. The summed E-state index contributed by atoms with van der Waals surface area (Å²) in [5, 5.41) is 30.2. The van der Waals surface area contributed by atoms with Crippen molar-refractivity contribution >= 4 is 18.3 Å². The van der Waals surface area contributed by atoms with Crippen LogP contribution < -0.4 is 0 Å². The fourth-order valence-corrected chi connectivity index (χ4v) is 1.82. The molecule has 2 atom stereocenters. The molecule has 0 aliphatic heterocycles. The highest BCUT2D eigenvalue weighted by Crippen LogP contribution is 2.26. The van der Waals surface area contributed by atoms with E-state index in [0.29, 0.717) is 23.3 Å². The first-order chi connectivity index (χ1) is 7.97. The zero-order chi connectivity index (χ0) is 13.0. The zero-order valence-corrected chi connectivity index (χ0v) is 10.3. The molecule has 0 aromatic heterocycles. The van der Waals surface area contributed by atoms with Crippen LogP contribution >= 0.6 is 12.6 Å². The second-order valence-corrected chi connectivity index (χ2v) is 4.27. The first-order valence-corrected chi connectivity index (χ1v) is 5.82. The normalized spacial score (nSPS) is 14.4. The summed E-state index contributed by atoms with van der Waals surface area (Å²) < 4.78 is 0. The largest absolute Gasteiger partial charge is 0.390 e. The summed E-state index contributed by atoms with van der Waals surface area (Å²) in [5.74, 6) is 0.437. The standard InChI is InChI=1S/C11H15NO4S/c1-7-2-3-8(12(15)16)6-9(7)11(14)10(13)4-5-17/h2-3,6,10-11,13-14,17H,4-5H2,1H3. The number of hydrogen-bond donors (Lipinski definition) is 3. The molecular formula is C11H15NO4S. The molecule has 6 heteroatoms. The Bertz CT molecular complexity index is 410. The zero-order valence-electron chi connectivity index (χ0n) is 9.41. The van der Waals surface area contributed by atoms with Crippen molar-refractivity contribution in [1.82, 2.24) is 0 Å². The second kappa shape index (κ2) is 6.00. The molecule has 5 nitrogen and oxygen atoms in total. The Morgan fingerprint density at radius 1 is 1.47 bits per heavy atom. The number of aliphatic hydroxyl groups excluding tert-OH is 2. The molecule has 0 amide bonds. The summed E-state index contributed by atoms with van der Waals surface area (Å²) in [6.07, 6.45) is -1.76. The van der Waals surface area contributed by atoms with E-state index >= 15 is 0 Å². The topological polar surface area (TPSA) is 83.6 Å². The predicted molar refractivity (Wildman–Crippen MR) is 67.3 cm³/mol. The Kier molecular flexibility index (Phi) is 4.92. The van der Waals surface area contributed by atoms with E-state index < -0.39 is 17.1 Å². The van der Waals surface area contributed by atoms with Gasteiger partial charge >= 0.3 is 0 Å². The molecule has 0 aliphatic carbocycles. The lowest BCUT2D eigenvalue weighted by atomic mass is 9.97. The van der Waals surface area contributed by atoms with Crippen LogP contribution in [0.3, 0.4) is 0 Å². The van der Waals surface area contributed by atoms with Gasteiger partial charge in [0.05, 0.1) is 11.0 Å². The average molecular weight is 257 g/mol. The third-order valence-corrected chi connectivity index (χ3v) is 2.84. The molecule has 1 aromatic rings. The van der Waals surface area contributed by atoms with E-state index in [9.17, 15) is 20.3 Å². The van der Waals surface area contributed by atoms with Crippen molar-refractivity contribution in [2.45, 2.75) is 25.6 Å². The Morgan fingerprint density at radius 3 is 2.65 bits per heavy atom. The van der Waals surface area contributed by atoms with Gasteiger partial charge in [0, 0.05) is 12.1 Å². The second-order valence-electron chi connectivity index (χ2n) is 3.82. The third kappa shape index (κ3) is 3.42. The Balaban J connectivity index is 3.03. The van der Waals surface area contributed by atoms with Crippen LogP contribution in [-0.4, -0.2) is 27.0 Å². The Labute approximate surface area is 105 Å². The number of nitro groups is 1. The minimum Gasteiger partial charge on any atom is -0.390 e. The lowest BCUT2D eigenvalue weighted by molar-refractivity contribution is -0.385. The van der Waals surface area contributed by atoms with E-state index in [1.54, 1.807) is 13.0 Å². The lowest BCUT2D eigenvalue weighted by Crippen LogP contribution is -2.19. The van der Waals surface area contributed by atoms with Gasteiger partial charge in [-0.15, -0.1) is 0 Å². The van der Waals surface area contributed by atoms with Gasteiger partial charge in [0.2, 0.25) is 0 Å². The molecule has 0 saturated carbocycles. The van der Waals surface area contributed by atoms with Gasteiger partial charge in [0.25, 0.3) is 5.69 Å². The van der Waals surface area contributed by atoms with E-state index in [1.807, 2.05) is 0 Å². The van der Waals surface area contributed by atoms with Gasteiger partial charge in [0.1, 0.15) is 6.10 Å². The van der Waals surface area contributed by atoms with E-state index in [1.165, 1.54) is 12.1 Å². The molecule has 0 bridgehead atoms. The fourth-order valence-electron chi connectivity index (χ4n) is 1.56. The lowest BCUT2D eigenvalue weighted by Gasteiger charge is -2.18. The van der Waals surface area contributed by atoms with Gasteiger partial charge < -0.3 is 10.2 Å². The maximum absolute atomic E-state index is 10.6. The number of non-ortho nitro benzene ring substituents is 1. The van der Waals surface area contributed by atoms with Gasteiger partial charge in [-0.3, -0.25) is 10.1 Å². The summed E-state index contributed by atoms with van der Waals surface area (Å²) in [6.45, 7) is 1.73. The van der Waals surface area contributed by atoms with E-state index in [0.717, 1.165) is 0 Å². The highest BCUT2D eigenvalue weighted by atomic mass is 32.1. The quantitative estimate of drug-likeness (QED) is 0.425. The molecule has 2 N–H and O–H groups in total. The summed E-state index contributed by atoms with van der Waals surface area (Å²) in [5.41, 5.74) is 0.998. The molecule has 0 radical (unpaired) electrons. The number of nitro benzene ring substituents is 1. The maximum Gasteiger partial charge on any atom is 0.269 e. The first-order valence-electron chi connectivity index (χ1n) is 5.19. The number of hydrogen-bond acceptors (Lipinski definition) is 5. The molecule has 1 aromatic carbocycles. The molecule has 0 fully saturated rings. The van der Waals surface area contributed by atoms with Gasteiger partial charge in [-0.05, 0) is 30.2 Å². The van der Waals surface area contributed by atoms with Crippen LogP contribution in [0.25, 0.3) is 0 Å². The first kappa shape index (κ1) is 14.0. The summed E-state index contributed by atoms with van der Waals surface area (Å²) in [6, 6.07) is 4.22. The summed E-state index contributed by atoms with van der Waals surface area (Å²) >= 11 is 3.97. The average Bonchev–Trinajstić information content (AvgIpc) is 2.28. The highest BCUT2D eigenvalue weighted by Gasteiger charge is 2.21. The van der Waals surface area contributed by atoms with E-state index in [-0.39, 0.29) is 5.69 Å². The van der Waals surface area contributed by atoms with Crippen LogP contribution in [0.15, 0.2) is 18.2 Å². The van der Waals surface area contributed by atoms with Crippen molar-refractivity contribution in [2.75, 3.05) is 5.75 Å². The van der Waals surface area contributed by atoms with Gasteiger partial charge in [0.15, 0.2) is 0 Å². The summed E-state index contributed by atoms with van der Waals surface area (Å²) in [7, 11) is 0. The molecule has 1 rings (SSSR count). The molecule has 0 spiro atoms. The van der Waals surface area contributed by atoms with E-state index in [2.05, 4.69) is 12.6 Å². The van der Waals surface area contributed by atoms with E-state index in [4.69, 9.17) is 0 Å². The van der Waals surface area contributed by atoms with Gasteiger partial charge in [-0.1, -0.05) is 6.07 Å². The Hall–Kier alpha value is -1.11. The highest BCUT2D eigenvalue weighted by molar-refractivity contribution is 7.80. The molecular weight excluding hydrogens is 242 g/mol. The van der Waals surface area contributed by atoms with Crippen LogP contribution in [0, 0.1) is 17.0 Å². The Morgan fingerprint density at radius 2 is 2.12 bits per heavy atom. The van der Waals surface area contributed by atoms with Crippen LogP contribution in [0.1, 0.15) is 23.7 Å². The van der Waals surface area contributed by atoms with Gasteiger partial charge in [-0.2, -0.15) is 12.6 Å².